The molecule has 1 aromatic rings. The third-order valence-electron chi connectivity index (χ3n) is 2.95. The number of phenolic OH excluding ortho intramolecular Hbond substituents is 1. The fraction of sp³-hybridized carbons (Fsp3) is 0.538. The standard InChI is InChI=1S/C13H20FNO2.ClH/c1-13(2,3)12(15)7-11(17)8-4-5-10(16)9(14)6-8;/h4-6,11-12,16-17H,7,15H2,1-3H3;1H/t11-,12+;/m0./s1. The Kier molecular flexibility index (Phi) is 6.07. The zero-order valence-corrected chi connectivity index (χ0v) is 11.7. The predicted molar refractivity (Wildman–Crippen MR) is 72.3 cm³/mol. The first-order valence-electron chi connectivity index (χ1n) is 5.64. The summed E-state index contributed by atoms with van der Waals surface area (Å²) in [6.07, 6.45) is -0.465. The maximum Gasteiger partial charge on any atom is 0.165 e. The van der Waals surface area contributed by atoms with Gasteiger partial charge in [-0.1, -0.05) is 26.8 Å². The molecule has 4 N–H and O–H groups in total. The molecule has 0 saturated carbocycles. The molecule has 0 spiro atoms. The second-order valence-corrected chi connectivity index (χ2v) is 5.43. The van der Waals surface area contributed by atoms with Gasteiger partial charge in [-0.05, 0) is 29.5 Å². The third-order valence-corrected chi connectivity index (χ3v) is 2.95. The van der Waals surface area contributed by atoms with Gasteiger partial charge >= 0.3 is 0 Å². The average molecular weight is 278 g/mol. The Labute approximate surface area is 113 Å². The van der Waals surface area contributed by atoms with Gasteiger partial charge in [0, 0.05) is 6.04 Å². The van der Waals surface area contributed by atoms with Crippen LogP contribution in [0.1, 0.15) is 38.9 Å². The average Bonchev–Trinajstić information content (AvgIpc) is 2.20. The van der Waals surface area contributed by atoms with Gasteiger partial charge in [-0.15, -0.1) is 12.4 Å². The lowest BCUT2D eigenvalue weighted by molar-refractivity contribution is 0.133. The van der Waals surface area contributed by atoms with Crippen molar-refractivity contribution >= 4 is 12.4 Å². The molecule has 3 nitrogen and oxygen atoms in total. The Hall–Kier alpha value is -0.840. The molecule has 0 aliphatic carbocycles. The summed E-state index contributed by atoms with van der Waals surface area (Å²) in [5.74, 6) is -1.15. The van der Waals surface area contributed by atoms with Gasteiger partial charge in [0.05, 0.1) is 6.10 Å². The first-order chi connectivity index (χ1) is 7.71. The van der Waals surface area contributed by atoms with Crippen molar-refractivity contribution in [2.45, 2.75) is 39.3 Å². The van der Waals surface area contributed by atoms with Crippen molar-refractivity contribution < 1.29 is 14.6 Å². The fourth-order valence-corrected chi connectivity index (χ4v) is 1.46. The van der Waals surface area contributed by atoms with Crippen LogP contribution in [0.15, 0.2) is 18.2 Å². The summed E-state index contributed by atoms with van der Waals surface area (Å²) in [6.45, 7) is 5.96. The van der Waals surface area contributed by atoms with Crippen LogP contribution < -0.4 is 5.73 Å². The lowest BCUT2D eigenvalue weighted by atomic mass is 9.83. The normalized spacial score (nSPS) is 14.8. The maximum absolute atomic E-state index is 13.1. The largest absolute Gasteiger partial charge is 0.505 e. The molecule has 5 heteroatoms. The number of phenols is 1. The Balaban J connectivity index is 0.00000289. The number of aliphatic hydroxyl groups is 1. The highest BCUT2D eigenvalue weighted by molar-refractivity contribution is 5.85. The molecule has 0 aliphatic rings. The predicted octanol–water partition coefficient (Wildman–Crippen LogP) is 2.75. The molecule has 2 atom stereocenters. The lowest BCUT2D eigenvalue weighted by Crippen LogP contribution is -2.36. The van der Waals surface area contributed by atoms with Crippen molar-refractivity contribution in [2.75, 3.05) is 0 Å². The molecule has 0 radical (unpaired) electrons. The molecular formula is C13H21ClFNO2. The minimum atomic E-state index is -0.820. The number of halogens is 2. The summed E-state index contributed by atoms with van der Waals surface area (Å²) >= 11 is 0. The van der Waals surface area contributed by atoms with E-state index in [1.54, 1.807) is 0 Å². The number of benzene rings is 1. The van der Waals surface area contributed by atoms with Crippen molar-refractivity contribution in [1.29, 1.82) is 0 Å². The number of rotatable bonds is 3. The minimum absolute atomic E-state index is 0. The van der Waals surface area contributed by atoms with Crippen molar-refractivity contribution in [3.8, 4) is 5.75 Å². The minimum Gasteiger partial charge on any atom is -0.505 e. The Morgan fingerprint density at radius 1 is 1.33 bits per heavy atom. The number of hydrogen-bond donors (Lipinski definition) is 3. The van der Waals surface area contributed by atoms with E-state index < -0.39 is 17.7 Å². The molecule has 0 fully saturated rings. The van der Waals surface area contributed by atoms with Gasteiger partial charge in [-0.3, -0.25) is 0 Å². The zero-order valence-electron chi connectivity index (χ0n) is 10.9. The van der Waals surface area contributed by atoms with E-state index in [9.17, 15) is 9.50 Å². The van der Waals surface area contributed by atoms with Crippen LogP contribution in [0.3, 0.4) is 0 Å². The number of aromatic hydroxyl groups is 1. The van der Waals surface area contributed by atoms with E-state index in [2.05, 4.69) is 0 Å². The van der Waals surface area contributed by atoms with E-state index in [1.807, 2.05) is 20.8 Å². The summed E-state index contributed by atoms with van der Waals surface area (Å²) in [5.41, 5.74) is 6.27. The van der Waals surface area contributed by atoms with Crippen LogP contribution in [-0.2, 0) is 0 Å². The number of hydrogen-bond acceptors (Lipinski definition) is 3. The molecule has 0 amide bonds. The van der Waals surface area contributed by atoms with E-state index in [1.165, 1.54) is 12.1 Å². The van der Waals surface area contributed by atoms with Crippen molar-refractivity contribution in [3.05, 3.63) is 29.6 Å². The van der Waals surface area contributed by atoms with Crippen LogP contribution in [0.2, 0.25) is 0 Å². The summed E-state index contributed by atoms with van der Waals surface area (Å²) in [5, 5.41) is 19.0. The molecule has 0 aromatic heterocycles. The van der Waals surface area contributed by atoms with Crippen LogP contribution >= 0.6 is 12.4 Å². The summed E-state index contributed by atoms with van der Waals surface area (Å²) < 4.78 is 13.1. The smallest absolute Gasteiger partial charge is 0.165 e. The summed E-state index contributed by atoms with van der Waals surface area (Å²) in [7, 11) is 0. The van der Waals surface area contributed by atoms with Crippen LogP contribution in [0.5, 0.6) is 5.75 Å². The van der Waals surface area contributed by atoms with Crippen molar-refractivity contribution in [1.82, 2.24) is 0 Å². The lowest BCUT2D eigenvalue weighted by Gasteiger charge is -2.29. The Morgan fingerprint density at radius 3 is 2.33 bits per heavy atom. The van der Waals surface area contributed by atoms with Crippen LogP contribution in [0.4, 0.5) is 4.39 Å². The molecule has 0 saturated heterocycles. The number of nitrogens with two attached hydrogens (primary N) is 1. The highest BCUT2D eigenvalue weighted by Crippen LogP contribution is 2.28. The first-order valence-corrected chi connectivity index (χ1v) is 5.64. The summed E-state index contributed by atoms with van der Waals surface area (Å²) in [4.78, 5) is 0. The van der Waals surface area contributed by atoms with Crippen LogP contribution in [-0.4, -0.2) is 16.3 Å². The second-order valence-electron chi connectivity index (χ2n) is 5.43. The van der Waals surface area contributed by atoms with Gasteiger partial charge in [-0.2, -0.15) is 0 Å². The van der Waals surface area contributed by atoms with Gasteiger partial charge in [0.15, 0.2) is 11.6 Å². The monoisotopic (exact) mass is 277 g/mol. The highest BCUT2D eigenvalue weighted by atomic mass is 35.5. The molecule has 18 heavy (non-hydrogen) atoms. The number of aliphatic hydroxyl groups excluding tert-OH is 1. The van der Waals surface area contributed by atoms with Gasteiger partial charge in [0.1, 0.15) is 0 Å². The molecule has 0 bridgehead atoms. The maximum atomic E-state index is 13.1. The third kappa shape index (κ3) is 4.44. The van der Waals surface area contributed by atoms with Crippen molar-refractivity contribution in [2.24, 2.45) is 11.1 Å². The van der Waals surface area contributed by atoms with Crippen molar-refractivity contribution in [3.63, 3.8) is 0 Å². The van der Waals surface area contributed by atoms with E-state index in [0.29, 0.717) is 12.0 Å². The Bertz CT molecular complexity index is 393. The van der Waals surface area contributed by atoms with Gasteiger partial charge in [0.2, 0.25) is 0 Å². The topological polar surface area (TPSA) is 66.5 Å². The summed E-state index contributed by atoms with van der Waals surface area (Å²) in [6, 6.07) is 3.68. The molecule has 1 rings (SSSR count). The quantitative estimate of drug-likeness (QED) is 0.796. The molecule has 0 unspecified atom stereocenters. The van der Waals surface area contributed by atoms with E-state index in [4.69, 9.17) is 10.8 Å². The van der Waals surface area contributed by atoms with Gasteiger partial charge in [0.25, 0.3) is 0 Å². The molecule has 104 valence electrons. The van der Waals surface area contributed by atoms with E-state index in [-0.39, 0.29) is 23.9 Å². The highest BCUT2D eigenvalue weighted by Gasteiger charge is 2.24. The van der Waals surface area contributed by atoms with E-state index in [0.717, 1.165) is 6.07 Å². The molecule has 0 heterocycles. The SMILES string of the molecule is CC(C)(C)[C@H](N)C[C@H](O)c1ccc(O)c(F)c1.Cl. The molecular weight excluding hydrogens is 257 g/mol. The van der Waals surface area contributed by atoms with Gasteiger partial charge in [-0.25, -0.2) is 4.39 Å². The van der Waals surface area contributed by atoms with E-state index >= 15 is 0 Å². The molecule has 0 aliphatic heterocycles. The second kappa shape index (κ2) is 6.36. The molecule has 1 aromatic carbocycles. The van der Waals surface area contributed by atoms with Crippen LogP contribution in [0.25, 0.3) is 0 Å². The Morgan fingerprint density at radius 2 is 1.89 bits per heavy atom. The zero-order chi connectivity index (χ0) is 13.2. The van der Waals surface area contributed by atoms with Gasteiger partial charge < -0.3 is 15.9 Å². The van der Waals surface area contributed by atoms with Crippen LogP contribution in [0, 0.1) is 11.2 Å². The first kappa shape index (κ1) is 17.2. The fourth-order valence-electron chi connectivity index (χ4n) is 1.46.